The second-order valence-electron chi connectivity index (χ2n) is 4.37. The maximum absolute atomic E-state index is 12.3. The van der Waals surface area contributed by atoms with Gasteiger partial charge < -0.3 is 10.6 Å². The molecule has 2 heterocycles. The Morgan fingerprint density at radius 2 is 2.50 bits per heavy atom. The van der Waals surface area contributed by atoms with Gasteiger partial charge in [-0.15, -0.1) is 0 Å². The first-order valence-corrected chi connectivity index (χ1v) is 5.75. The highest BCUT2D eigenvalue weighted by Gasteiger charge is 2.31. The number of amides is 1. The van der Waals surface area contributed by atoms with Crippen LogP contribution in [0.15, 0.2) is 12.4 Å². The number of nitrogens with two attached hydrogens (primary N) is 1. The summed E-state index contributed by atoms with van der Waals surface area (Å²) in [5, 5.41) is 6.48. The van der Waals surface area contributed by atoms with Gasteiger partial charge in [-0.1, -0.05) is 0 Å². The molecule has 2 atom stereocenters. The molecule has 1 saturated heterocycles. The predicted molar refractivity (Wildman–Crippen MR) is 60.9 cm³/mol. The molecule has 0 saturated carbocycles. The summed E-state index contributed by atoms with van der Waals surface area (Å²) >= 11 is 0. The van der Waals surface area contributed by atoms with E-state index in [1.54, 1.807) is 12.4 Å². The van der Waals surface area contributed by atoms with Gasteiger partial charge in [0.15, 0.2) is 0 Å². The highest BCUT2D eigenvalue weighted by atomic mass is 16.2. The lowest BCUT2D eigenvalue weighted by Gasteiger charge is -2.40. The van der Waals surface area contributed by atoms with Gasteiger partial charge in [-0.05, 0) is 26.2 Å². The number of piperidine rings is 1. The Balaban J connectivity index is 2.19. The van der Waals surface area contributed by atoms with E-state index in [9.17, 15) is 4.79 Å². The predicted octanol–water partition coefficient (Wildman–Crippen LogP) is 0.752. The fourth-order valence-electron chi connectivity index (χ4n) is 2.40. The molecule has 1 amide bonds. The minimum absolute atomic E-state index is 0.0383. The first-order valence-electron chi connectivity index (χ1n) is 5.75. The van der Waals surface area contributed by atoms with Crippen LogP contribution in [0.1, 0.15) is 36.5 Å². The third-order valence-electron chi connectivity index (χ3n) is 3.28. The first kappa shape index (κ1) is 11.1. The lowest BCUT2D eigenvalue weighted by Crippen LogP contribution is -2.51. The van der Waals surface area contributed by atoms with Crippen LogP contribution in [0.4, 0.5) is 0 Å². The molecule has 88 valence electrons. The van der Waals surface area contributed by atoms with Crippen molar-refractivity contribution in [2.75, 3.05) is 6.54 Å². The van der Waals surface area contributed by atoms with Gasteiger partial charge in [-0.2, -0.15) is 5.10 Å². The number of hydrogen-bond donors (Lipinski definition) is 2. The largest absolute Gasteiger partial charge is 0.332 e. The van der Waals surface area contributed by atoms with Crippen molar-refractivity contribution in [2.45, 2.75) is 38.3 Å². The zero-order valence-corrected chi connectivity index (χ0v) is 9.52. The maximum atomic E-state index is 12.3. The van der Waals surface area contributed by atoms with E-state index in [1.165, 1.54) is 0 Å². The van der Waals surface area contributed by atoms with E-state index in [4.69, 9.17) is 5.73 Å². The van der Waals surface area contributed by atoms with Crippen molar-refractivity contribution in [3.05, 3.63) is 18.0 Å². The molecular weight excluding hydrogens is 204 g/mol. The van der Waals surface area contributed by atoms with Crippen molar-refractivity contribution >= 4 is 5.91 Å². The molecule has 0 bridgehead atoms. The lowest BCUT2D eigenvalue weighted by molar-refractivity contribution is 0.0494. The average Bonchev–Trinajstić information content (AvgIpc) is 2.81. The number of likely N-dealkylation sites (tertiary alicyclic amines) is 1. The standard InChI is InChI=1S/C11H18N4O/c1-8-3-2-4-10(5-12)15(8)11(16)9-6-13-14-7-9/h6-8,10H,2-5,12H2,1H3,(H,13,14). The smallest absolute Gasteiger partial charge is 0.257 e. The highest BCUT2D eigenvalue weighted by Crippen LogP contribution is 2.24. The Bertz CT molecular complexity index is 349. The summed E-state index contributed by atoms with van der Waals surface area (Å²) in [6.07, 6.45) is 6.41. The maximum Gasteiger partial charge on any atom is 0.257 e. The molecule has 1 aliphatic heterocycles. The molecule has 2 rings (SSSR count). The quantitative estimate of drug-likeness (QED) is 0.775. The molecule has 5 nitrogen and oxygen atoms in total. The summed E-state index contributed by atoms with van der Waals surface area (Å²) < 4.78 is 0. The van der Waals surface area contributed by atoms with E-state index in [1.807, 2.05) is 4.90 Å². The molecule has 1 aliphatic rings. The second kappa shape index (κ2) is 4.65. The van der Waals surface area contributed by atoms with Crippen LogP contribution in [0.5, 0.6) is 0 Å². The van der Waals surface area contributed by atoms with Crippen molar-refractivity contribution < 1.29 is 4.79 Å². The number of carbonyl (C=O) groups is 1. The van der Waals surface area contributed by atoms with Crippen LogP contribution >= 0.6 is 0 Å². The third-order valence-corrected chi connectivity index (χ3v) is 3.28. The molecule has 0 spiro atoms. The van der Waals surface area contributed by atoms with E-state index in [2.05, 4.69) is 17.1 Å². The zero-order valence-electron chi connectivity index (χ0n) is 9.52. The van der Waals surface area contributed by atoms with Crippen molar-refractivity contribution in [3.63, 3.8) is 0 Å². The number of hydrogen-bond acceptors (Lipinski definition) is 3. The Labute approximate surface area is 95.0 Å². The molecule has 3 N–H and O–H groups in total. The summed E-state index contributed by atoms with van der Waals surface area (Å²) in [6.45, 7) is 2.62. The van der Waals surface area contributed by atoms with Crippen LogP contribution < -0.4 is 5.73 Å². The Hall–Kier alpha value is -1.36. The molecule has 5 heteroatoms. The van der Waals surface area contributed by atoms with Crippen LogP contribution in [0.2, 0.25) is 0 Å². The van der Waals surface area contributed by atoms with Gasteiger partial charge in [0, 0.05) is 24.8 Å². The van der Waals surface area contributed by atoms with Gasteiger partial charge in [0.2, 0.25) is 0 Å². The summed E-state index contributed by atoms with van der Waals surface area (Å²) in [6, 6.07) is 0.441. The van der Waals surface area contributed by atoms with Crippen LogP contribution in [-0.4, -0.2) is 39.6 Å². The number of nitrogens with one attached hydrogen (secondary N) is 1. The molecular formula is C11H18N4O. The minimum atomic E-state index is 0.0383. The number of carbonyl (C=O) groups excluding carboxylic acids is 1. The molecule has 16 heavy (non-hydrogen) atoms. The van der Waals surface area contributed by atoms with E-state index < -0.39 is 0 Å². The van der Waals surface area contributed by atoms with Gasteiger partial charge in [-0.25, -0.2) is 0 Å². The van der Waals surface area contributed by atoms with E-state index in [-0.39, 0.29) is 18.0 Å². The lowest BCUT2D eigenvalue weighted by atomic mass is 9.95. The van der Waals surface area contributed by atoms with Crippen LogP contribution in [0, 0.1) is 0 Å². The van der Waals surface area contributed by atoms with Crippen molar-refractivity contribution in [1.82, 2.24) is 15.1 Å². The van der Waals surface area contributed by atoms with Crippen molar-refractivity contribution in [1.29, 1.82) is 0 Å². The molecule has 1 fully saturated rings. The van der Waals surface area contributed by atoms with E-state index >= 15 is 0 Å². The minimum Gasteiger partial charge on any atom is -0.332 e. The average molecular weight is 222 g/mol. The SMILES string of the molecule is CC1CCCC(CN)N1C(=O)c1cn[nH]c1. The second-order valence-corrected chi connectivity index (χ2v) is 4.37. The fourth-order valence-corrected chi connectivity index (χ4v) is 2.40. The third kappa shape index (κ3) is 1.95. The summed E-state index contributed by atoms with van der Waals surface area (Å²) in [7, 11) is 0. The molecule has 2 unspecified atom stereocenters. The summed E-state index contributed by atoms with van der Waals surface area (Å²) in [5.74, 6) is 0.0383. The van der Waals surface area contributed by atoms with Crippen LogP contribution in [0.25, 0.3) is 0 Å². The number of nitrogens with zero attached hydrogens (tertiary/aromatic N) is 2. The molecule has 0 radical (unpaired) electrons. The van der Waals surface area contributed by atoms with Crippen LogP contribution in [-0.2, 0) is 0 Å². The zero-order chi connectivity index (χ0) is 11.5. The molecule has 1 aromatic heterocycles. The van der Waals surface area contributed by atoms with Crippen molar-refractivity contribution in [2.24, 2.45) is 5.73 Å². The summed E-state index contributed by atoms with van der Waals surface area (Å²) in [5.41, 5.74) is 6.35. The van der Waals surface area contributed by atoms with Crippen LogP contribution in [0.3, 0.4) is 0 Å². The Morgan fingerprint density at radius 1 is 1.69 bits per heavy atom. The van der Waals surface area contributed by atoms with Gasteiger partial charge in [0.1, 0.15) is 0 Å². The van der Waals surface area contributed by atoms with E-state index in [0.717, 1.165) is 19.3 Å². The summed E-state index contributed by atoms with van der Waals surface area (Å²) in [4.78, 5) is 14.2. The monoisotopic (exact) mass is 222 g/mol. The molecule has 0 aromatic carbocycles. The number of aromatic nitrogens is 2. The van der Waals surface area contributed by atoms with Crippen molar-refractivity contribution in [3.8, 4) is 0 Å². The van der Waals surface area contributed by atoms with Gasteiger partial charge >= 0.3 is 0 Å². The Morgan fingerprint density at radius 3 is 3.12 bits per heavy atom. The molecule has 1 aromatic rings. The topological polar surface area (TPSA) is 75.0 Å². The fraction of sp³-hybridized carbons (Fsp3) is 0.636. The molecule has 0 aliphatic carbocycles. The van der Waals surface area contributed by atoms with Gasteiger partial charge in [-0.3, -0.25) is 9.89 Å². The highest BCUT2D eigenvalue weighted by molar-refractivity contribution is 5.94. The van der Waals surface area contributed by atoms with Gasteiger partial charge in [0.05, 0.1) is 11.8 Å². The number of aromatic amines is 1. The number of rotatable bonds is 2. The first-order chi connectivity index (χ1) is 7.74. The normalized spacial score (nSPS) is 25.8. The number of H-pyrrole nitrogens is 1. The van der Waals surface area contributed by atoms with Gasteiger partial charge in [0.25, 0.3) is 5.91 Å². The van der Waals surface area contributed by atoms with E-state index in [0.29, 0.717) is 12.1 Å². The Kier molecular flexibility index (Phi) is 3.24.